The fourth-order valence-electron chi connectivity index (χ4n) is 2.54. The van der Waals surface area contributed by atoms with Crippen molar-refractivity contribution >= 4 is 57.2 Å². The molecule has 2 rings (SSSR count). The molecular weight excluding hydrogens is 352 g/mol. The van der Waals surface area contributed by atoms with Crippen molar-refractivity contribution in [2.45, 2.75) is 23.3 Å². The predicted octanol–water partition coefficient (Wildman–Crippen LogP) is 2.97. The highest BCUT2D eigenvalue weighted by Crippen LogP contribution is 2.37. The van der Waals surface area contributed by atoms with Gasteiger partial charge in [-0.2, -0.15) is 55.5 Å². The molecule has 0 aliphatic carbocycles. The van der Waals surface area contributed by atoms with Gasteiger partial charge in [-0.1, -0.05) is 0 Å². The van der Waals surface area contributed by atoms with E-state index in [4.69, 9.17) is 4.55 Å². The molecule has 8 heteroatoms. The molecule has 0 saturated carbocycles. The summed E-state index contributed by atoms with van der Waals surface area (Å²) in [4.78, 5) is 0. The lowest BCUT2D eigenvalue weighted by Crippen LogP contribution is -2.30. The van der Waals surface area contributed by atoms with Crippen LogP contribution in [-0.2, 0) is 10.1 Å². The Labute approximate surface area is 139 Å². The smallest absolute Gasteiger partial charge is 0.264 e. The lowest BCUT2D eigenvalue weighted by atomic mass is 9.97. The second-order valence-electron chi connectivity index (χ2n) is 5.12. The first-order valence-electron chi connectivity index (χ1n) is 6.88. The molecule has 0 aromatic carbocycles. The van der Waals surface area contributed by atoms with Crippen LogP contribution < -0.4 is 0 Å². The highest BCUT2D eigenvalue weighted by atomic mass is 32.2. The van der Waals surface area contributed by atoms with Gasteiger partial charge in [-0.05, 0) is 18.8 Å². The highest BCUT2D eigenvalue weighted by Gasteiger charge is 2.29. The van der Waals surface area contributed by atoms with Gasteiger partial charge in [0.15, 0.2) is 0 Å². The lowest BCUT2D eigenvalue weighted by molar-refractivity contribution is 0.444. The predicted molar refractivity (Wildman–Crippen MR) is 96.3 cm³/mol. The van der Waals surface area contributed by atoms with Gasteiger partial charge in [0.25, 0.3) is 10.1 Å². The average Bonchev–Trinajstić information content (AvgIpc) is 2.44. The standard InChI is InChI=1S/C12H22O3S5/c13-20(14,15)6-1-10(12-9-17-3-5-19-12)7-11-8-16-2-4-18-11/h10-12H,1-9H2,(H,13,14,15). The minimum absolute atomic E-state index is 0.0794. The van der Waals surface area contributed by atoms with E-state index >= 15 is 0 Å². The van der Waals surface area contributed by atoms with Crippen LogP contribution >= 0.6 is 47.0 Å². The highest BCUT2D eigenvalue weighted by molar-refractivity contribution is 8.07. The Hall–Kier alpha value is 1.31. The molecular formula is C12H22O3S5. The van der Waals surface area contributed by atoms with Gasteiger partial charge in [0, 0.05) is 45.0 Å². The van der Waals surface area contributed by atoms with Gasteiger partial charge >= 0.3 is 0 Å². The minimum Gasteiger partial charge on any atom is -0.286 e. The van der Waals surface area contributed by atoms with Gasteiger partial charge in [0.2, 0.25) is 0 Å². The molecule has 2 saturated heterocycles. The van der Waals surface area contributed by atoms with Crippen LogP contribution in [0.3, 0.4) is 0 Å². The van der Waals surface area contributed by atoms with Crippen molar-refractivity contribution in [2.75, 3.05) is 40.3 Å². The van der Waals surface area contributed by atoms with Gasteiger partial charge in [0.1, 0.15) is 0 Å². The van der Waals surface area contributed by atoms with E-state index in [2.05, 4.69) is 0 Å². The Morgan fingerprint density at radius 3 is 2.30 bits per heavy atom. The second kappa shape index (κ2) is 8.82. The Balaban J connectivity index is 1.90. The summed E-state index contributed by atoms with van der Waals surface area (Å²) in [6.07, 6.45) is 1.71. The van der Waals surface area contributed by atoms with Crippen molar-refractivity contribution < 1.29 is 13.0 Å². The van der Waals surface area contributed by atoms with E-state index < -0.39 is 10.1 Å². The zero-order chi connectivity index (χ0) is 14.4. The van der Waals surface area contributed by atoms with E-state index in [1.807, 2.05) is 47.0 Å². The summed E-state index contributed by atoms with van der Waals surface area (Å²) >= 11 is 8.03. The minimum atomic E-state index is -3.83. The maximum absolute atomic E-state index is 11.0. The van der Waals surface area contributed by atoms with E-state index in [-0.39, 0.29) is 5.75 Å². The van der Waals surface area contributed by atoms with Crippen LogP contribution in [0.5, 0.6) is 0 Å². The van der Waals surface area contributed by atoms with Crippen molar-refractivity contribution in [3.05, 3.63) is 0 Å². The molecule has 0 aromatic heterocycles. The molecule has 118 valence electrons. The van der Waals surface area contributed by atoms with Gasteiger partial charge in [-0.15, -0.1) is 0 Å². The summed E-state index contributed by atoms with van der Waals surface area (Å²) < 4.78 is 31.1. The molecule has 2 aliphatic rings. The summed E-state index contributed by atoms with van der Waals surface area (Å²) in [5.41, 5.74) is 0. The van der Waals surface area contributed by atoms with E-state index in [9.17, 15) is 8.42 Å². The van der Waals surface area contributed by atoms with Crippen LogP contribution in [-0.4, -0.2) is 63.7 Å². The van der Waals surface area contributed by atoms with E-state index in [0.717, 1.165) is 12.2 Å². The maximum Gasteiger partial charge on any atom is 0.264 e. The summed E-state index contributed by atoms with van der Waals surface area (Å²) in [6.45, 7) is 0. The lowest BCUT2D eigenvalue weighted by Gasteiger charge is -2.33. The first kappa shape index (κ1) is 17.7. The third-order valence-corrected chi connectivity index (χ3v) is 10.2. The normalized spacial score (nSPS) is 30.1. The fourth-order valence-corrected chi connectivity index (χ4v) is 8.98. The van der Waals surface area contributed by atoms with Crippen molar-refractivity contribution in [1.29, 1.82) is 0 Å². The molecule has 3 unspecified atom stereocenters. The first-order chi connectivity index (χ1) is 9.54. The van der Waals surface area contributed by atoms with Gasteiger partial charge in [-0.3, -0.25) is 4.55 Å². The molecule has 2 aliphatic heterocycles. The Morgan fingerprint density at radius 1 is 1.05 bits per heavy atom. The van der Waals surface area contributed by atoms with Crippen molar-refractivity contribution in [2.24, 2.45) is 5.92 Å². The molecule has 0 bridgehead atoms. The third-order valence-electron chi connectivity index (χ3n) is 3.56. The van der Waals surface area contributed by atoms with Crippen molar-refractivity contribution in [3.8, 4) is 0 Å². The number of rotatable bonds is 6. The summed E-state index contributed by atoms with van der Waals surface area (Å²) in [6, 6.07) is 0. The van der Waals surface area contributed by atoms with Crippen LogP contribution in [0, 0.1) is 5.92 Å². The van der Waals surface area contributed by atoms with Crippen LogP contribution in [0.4, 0.5) is 0 Å². The van der Waals surface area contributed by atoms with E-state index in [1.54, 1.807) is 0 Å². The monoisotopic (exact) mass is 374 g/mol. The van der Waals surface area contributed by atoms with E-state index in [0.29, 0.717) is 22.8 Å². The molecule has 1 N–H and O–H groups in total. The number of hydrogen-bond acceptors (Lipinski definition) is 6. The molecule has 3 atom stereocenters. The molecule has 0 radical (unpaired) electrons. The van der Waals surface area contributed by atoms with Crippen LogP contribution in [0.15, 0.2) is 0 Å². The van der Waals surface area contributed by atoms with Gasteiger partial charge in [-0.25, -0.2) is 0 Å². The molecule has 3 nitrogen and oxygen atoms in total. The van der Waals surface area contributed by atoms with Crippen molar-refractivity contribution in [3.63, 3.8) is 0 Å². The summed E-state index contributed by atoms with van der Waals surface area (Å²) in [5, 5.41) is 1.22. The Morgan fingerprint density at radius 2 is 1.75 bits per heavy atom. The third kappa shape index (κ3) is 6.60. The molecule has 0 spiro atoms. The average molecular weight is 375 g/mol. The topological polar surface area (TPSA) is 54.4 Å². The largest absolute Gasteiger partial charge is 0.286 e. The molecule has 2 fully saturated rings. The molecule has 2 heterocycles. The van der Waals surface area contributed by atoms with Gasteiger partial charge < -0.3 is 0 Å². The SMILES string of the molecule is O=S(=O)(O)CCC(CC1CSCCS1)C1CSCCS1. The molecule has 20 heavy (non-hydrogen) atoms. The summed E-state index contributed by atoms with van der Waals surface area (Å²) in [7, 11) is -3.83. The Bertz CT molecular complexity index is 375. The summed E-state index contributed by atoms with van der Waals surface area (Å²) in [5.74, 6) is 7.50. The quantitative estimate of drug-likeness (QED) is 0.717. The van der Waals surface area contributed by atoms with E-state index in [1.165, 1.54) is 28.8 Å². The number of thioether (sulfide) groups is 4. The maximum atomic E-state index is 11.0. The van der Waals surface area contributed by atoms with Crippen molar-refractivity contribution in [1.82, 2.24) is 0 Å². The van der Waals surface area contributed by atoms with Crippen LogP contribution in [0.25, 0.3) is 0 Å². The zero-order valence-corrected chi connectivity index (χ0v) is 15.5. The fraction of sp³-hybridized carbons (Fsp3) is 1.00. The zero-order valence-electron chi connectivity index (χ0n) is 11.4. The van der Waals surface area contributed by atoms with Crippen LogP contribution in [0.2, 0.25) is 0 Å². The first-order valence-corrected chi connectivity index (χ1v) is 12.9. The molecule has 0 amide bonds. The second-order valence-corrected chi connectivity index (χ2v) is 11.7. The van der Waals surface area contributed by atoms with Gasteiger partial charge in [0.05, 0.1) is 5.75 Å². The van der Waals surface area contributed by atoms with Crippen LogP contribution in [0.1, 0.15) is 12.8 Å². The Kier molecular flexibility index (Phi) is 7.78. The number of hydrogen-bond donors (Lipinski definition) is 1. The molecule has 0 aromatic rings.